The molecule has 3 rings (SSSR count). The zero-order valence-electron chi connectivity index (χ0n) is 10.9. The number of aliphatic hydroxyl groups is 1. The summed E-state index contributed by atoms with van der Waals surface area (Å²) in [7, 11) is 1.86. The van der Waals surface area contributed by atoms with Crippen LogP contribution in [0.25, 0.3) is 10.9 Å². The normalized spacial score (nSPS) is 12.8. The molecular formula is C15H15N3O. The molecule has 1 atom stereocenters. The summed E-state index contributed by atoms with van der Waals surface area (Å²) in [6.07, 6.45) is 2.68. The lowest BCUT2D eigenvalue weighted by Crippen LogP contribution is -2.09. The standard InChI is InChI=1S/C15H15N3O/c1-10-9-13(14(19)15-16-7-8-18(15)2)17-12-6-4-3-5-11(10)12/h3-9,14,19H,1-2H3. The molecule has 0 saturated heterocycles. The summed E-state index contributed by atoms with van der Waals surface area (Å²) in [4.78, 5) is 8.70. The van der Waals surface area contributed by atoms with Crippen molar-refractivity contribution in [2.45, 2.75) is 13.0 Å². The summed E-state index contributed by atoms with van der Waals surface area (Å²) in [5.41, 5.74) is 2.63. The molecule has 2 aromatic heterocycles. The van der Waals surface area contributed by atoms with E-state index >= 15 is 0 Å². The highest BCUT2D eigenvalue weighted by Gasteiger charge is 2.17. The Kier molecular flexibility index (Phi) is 2.80. The molecule has 0 spiro atoms. The first-order valence-corrected chi connectivity index (χ1v) is 6.18. The van der Waals surface area contributed by atoms with Crippen LogP contribution in [0, 0.1) is 6.92 Å². The average Bonchev–Trinajstić information content (AvgIpc) is 2.84. The van der Waals surface area contributed by atoms with Gasteiger partial charge >= 0.3 is 0 Å². The number of aryl methyl sites for hydroxylation is 2. The van der Waals surface area contributed by atoms with Crippen LogP contribution in [-0.2, 0) is 7.05 Å². The van der Waals surface area contributed by atoms with Gasteiger partial charge in [-0.1, -0.05) is 18.2 Å². The molecule has 96 valence electrons. The molecule has 2 heterocycles. The number of hydrogen-bond acceptors (Lipinski definition) is 3. The first kappa shape index (κ1) is 11.9. The number of para-hydroxylation sites is 1. The number of pyridine rings is 1. The van der Waals surface area contributed by atoms with Crippen LogP contribution in [0.3, 0.4) is 0 Å². The summed E-state index contributed by atoms with van der Waals surface area (Å²) in [5.74, 6) is 0.599. The Morgan fingerprint density at radius 1 is 1.26 bits per heavy atom. The van der Waals surface area contributed by atoms with Gasteiger partial charge < -0.3 is 9.67 Å². The van der Waals surface area contributed by atoms with Crippen LogP contribution < -0.4 is 0 Å². The van der Waals surface area contributed by atoms with Gasteiger partial charge in [0.1, 0.15) is 5.82 Å². The minimum Gasteiger partial charge on any atom is -0.379 e. The number of imidazole rings is 1. The van der Waals surface area contributed by atoms with Crippen molar-refractivity contribution in [2.24, 2.45) is 7.05 Å². The summed E-state index contributed by atoms with van der Waals surface area (Å²) in [6.45, 7) is 2.03. The second kappa shape index (κ2) is 4.48. The average molecular weight is 253 g/mol. The first-order chi connectivity index (χ1) is 9.16. The maximum absolute atomic E-state index is 10.4. The lowest BCUT2D eigenvalue weighted by molar-refractivity contribution is 0.202. The van der Waals surface area contributed by atoms with Crippen molar-refractivity contribution in [2.75, 3.05) is 0 Å². The fourth-order valence-electron chi connectivity index (χ4n) is 2.29. The molecule has 0 aliphatic carbocycles. The monoisotopic (exact) mass is 253 g/mol. The van der Waals surface area contributed by atoms with Crippen molar-refractivity contribution in [1.82, 2.24) is 14.5 Å². The van der Waals surface area contributed by atoms with E-state index in [-0.39, 0.29) is 0 Å². The van der Waals surface area contributed by atoms with E-state index in [0.29, 0.717) is 11.5 Å². The number of rotatable bonds is 2. The van der Waals surface area contributed by atoms with E-state index in [2.05, 4.69) is 9.97 Å². The van der Waals surface area contributed by atoms with E-state index in [9.17, 15) is 5.11 Å². The molecule has 1 unspecified atom stereocenters. The van der Waals surface area contributed by atoms with Gasteiger partial charge in [-0.2, -0.15) is 0 Å². The van der Waals surface area contributed by atoms with Crippen LogP contribution >= 0.6 is 0 Å². The fourth-order valence-corrected chi connectivity index (χ4v) is 2.29. The Hall–Kier alpha value is -2.20. The van der Waals surface area contributed by atoms with Crippen LogP contribution in [0.4, 0.5) is 0 Å². The third-order valence-electron chi connectivity index (χ3n) is 3.33. The van der Waals surface area contributed by atoms with Gasteiger partial charge in [-0.05, 0) is 24.6 Å². The summed E-state index contributed by atoms with van der Waals surface area (Å²) >= 11 is 0. The smallest absolute Gasteiger partial charge is 0.154 e. The third-order valence-corrected chi connectivity index (χ3v) is 3.33. The predicted molar refractivity (Wildman–Crippen MR) is 73.7 cm³/mol. The number of aliphatic hydroxyl groups excluding tert-OH is 1. The second-order valence-electron chi connectivity index (χ2n) is 4.68. The molecular weight excluding hydrogens is 238 g/mol. The Balaban J connectivity index is 2.13. The molecule has 0 fully saturated rings. The zero-order valence-corrected chi connectivity index (χ0v) is 10.9. The van der Waals surface area contributed by atoms with Gasteiger partial charge in [0.25, 0.3) is 0 Å². The van der Waals surface area contributed by atoms with Crippen LogP contribution in [0.1, 0.15) is 23.2 Å². The van der Waals surface area contributed by atoms with Gasteiger partial charge in [-0.15, -0.1) is 0 Å². The van der Waals surface area contributed by atoms with Gasteiger partial charge in [-0.25, -0.2) is 9.97 Å². The molecule has 0 amide bonds. The highest BCUT2D eigenvalue weighted by Crippen LogP contribution is 2.24. The van der Waals surface area contributed by atoms with Gasteiger partial charge in [0.2, 0.25) is 0 Å². The maximum atomic E-state index is 10.4. The van der Waals surface area contributed by atoms with Crippen LogP contribution in [0.15, 0.2) is 42.7 Å². The maximum Gasteiger partial charge on any atom is 0.154 e. The molecule has 0 saturated carbocycles. The Bertz CT molecular complexity index is 733. The van der Waals surface area contributed by atoms with Crippen LogP contribution in [0.5, 0.6) is 0 Å². The minimum atomic E-state index is -0.802. The van der Waals surface area contributed by atoms with E-state index in [0.717, 1.165) is 16.5 Å². The number of nitrogens with zero attached hydrogens (tertiary/aromatic N) is 3. The number of fused-ring (bicyclic) bond motifs is 1. The fraction of sp³-hybridized carbons (Fsp3) is 0.200. The van der Waals surface area contributed by atoms with Gasteiger partial charge in [0, 0.05) is 24.8 Å². The van der Waals surface area contributed by atoms with Crippen LogP contribution in [0.2, 0.25) is 0 Å². The first-order valence-electron chi connectivity index (χ1n) is 6.18. The molecule has 4 heteroatoms. The van der Waals surface area contributed by atoms with E-state index in [4.69, 9.17) is 0 Å². The Labute approximate surface area is 111 Å². The lowest BCUT2D eigenvalue weighted by Gasteiger charge is -2.12. The predicted octanol–water partition coefficient (Wildman–Crippen LogP) is 2.36. The van der Waals surface area contributed by atoms with Gasteiger partial charge in [0.15, 0.2) is 6.10 Å². The van der Waals surface area contributed by atoms with Crippen molar-refractivity contribution < 1.29 is 5.11 Å². The third kappa shape index (κ3) is 2.00. The molecule has 0 radical (unpaired) electrons. The molecule has 1 N–H and O–H groups in total. The van der Waals surface area contributed by atoms with E-state index in [1.54, 1.807) is 10.8 Å². The lowest BCUT2D eigenvalue weighted by atomic mass is 10.1. The topological polar surface area (TPSA) is 50.9 Å². The molecule has 0 aliphatic heterocycles. The van der Waals surface area contributed by atoms with Crippen molar-refractivity contribution >= 4 is 10.9 Å². The number of benzene rings is 1. The van der Waals surface area contributed by atoms with E-state index in [1.807, 2.05) is 50.5 Å². The zero-order chi connectivity index (χ0) is 13.4. The number of aromatic nitrogens is 3. The summed E-state index contributed by atoms with van der Waals surface area (Å²) < 4.78 is 1.80. The highest BCUT2D eigenvalue weighted by molar-refractivity contribution is 5.82. The van der Waals surface area contributed by atoms with Crippen molar-refractivity contribution in [3.63, 3.8) is 0 Å². The van der Waals surface area contributed by atoms with Crippen molar-refractivity contribution in [1.29, 1.82) is 0 Å². The molecule has 19 heavy (non-hydrogen) atoms. The van der Waals surface area contributed by atoms with E-state index < -0.39 is 6.10 Å². The second-order valence-corrected chi connectivity index (χ2v) is 4.68. The van der Waals surface area contributed by atoms with Crippen molar-refractivity contribution in [3.05, 3.63) is 59.8 Å². The summed E-state index contributed by atoms with van der Waals surface area (Å²) in [5, 5.41) is 11.5. The molecule has 0 bridgehead atoms. The number of hydrogen-bond donors (Lipinski definition) is 1. The molecule has 3 aromatic rings. The van der Waals surface area contributed by atoms with Crippen LogP contribution in [-0.4, -0.2) is 19.6 Å². The van der Waals surface area contributed by atoms with Gasteiger partial charge in [0.05, 0.1) is 11.2 Å². The van der Waals surface area contributed by atoms with E-state index in [1.165, 1.54) is 0 Å². The van der Waals surface area contributed by atoms with Gasteiger partial charge in [-0.3, -0.25) is 0 Å². The molecule has 4 nitrogen and oxygen atoms in total. The minimum absolute atomic E-state index is 0.599. The van der Waals surface area contributed by atoms with Crippen molar-refractivity contribution in [3.8, 4) is 0 Å². The Morgan fingerprint density at radius 3 is 2.79 bits per heavy atom. The highest BCUT2D eigenvalue weighted by atomic mass is 16.3. The largest absolute Gasteiger partial charge is 0.379 e. The SMILES string of the molecule is Cc1cc(C(O)c2nccn2C)nc2ccccc12. The molecule has 0 aliphatic rings. The Morgan fingerprint density at radius 2 is 2.05 bits per heavy atom. The quantitative estimate of drug-likeness (QED) is 0.762. The molecule has 1 aromatic carbocycles. The summed E-state index contributed by atoms with van der Waals surface area (Å²) in [6, 6.07) is 9.85.